The van der Waals surface area contributed by atoms with Gasteiger partial charge in [-0.3, -0.25) is 0 Å². The molecule has 0 aromatic heterocycles. The molecule has 0 bridgehead atoms. The molecule has 1 aromatic rings. The van der Waals surface area contributed by atoms with Crippen molar-refractivity contribution in [2.45, 2.75) is 0 Å². The molecule has 2 amide bonds. The number of amides is 2. The molecule has 5 N–H and O–H groups in total. The van der Waals surface area contributed by atoms with Crippen molar-refractivity contribution in [2.24, 2.45) is 5.73 Å². The third-order valence-electron chi connectivity index (χ3n) is 1.47. The first kappa shape index (κ1) is 11.1. The molecule has 14 heavy (non-hydrogen) atoms. The van der Waals surface area contributed by atoms with E-state index in [1.54, 1.807) is 0 Å². The van der Waals surface area contributed by atoms with Crippen LogP contribution in [0, 0.1) is 0 Å². The summed E-state index contributed by atoms with van der Waals surface area (Å²) in [4.78, 5) is 10.4. The second-order valence-corrected chi connectivity index (χ2v) is 7.16. The zero-order valence-electron chi connectivity index (χ0n) is 7.04. The number of benzene rings is 1. The number of nitrogens with two attached hydrogens (primary N) is 1. The molecule has 0 aliphatic rings. The number of anilines is 1. The van der Waals surface area contributed by atoms with Gasteiger partial charge < -0.3 is 0 Å². The summed E-state index contributed by atoms with van der Waals surface area (Å²) >= 11 is -5.09. The van der Waals surface area contributed by atoms with Crippen LogP contribution in [0.5, 0.6) is 0 Å². The van der Waals surface area contributed by atoms with E-state index in [0.717, 1.165) is 0 Å². The van der Waals surface area contributed by atoms with Gasteiger partial charge in [0.05, 0.1) is 0 Å². The Bertz CT molecular complexity index is 383. The van der Waals surface area contributed by atoms with Gasteiger partial charge in [0.25, 0.3) is 0 Å². The van der Waals surface area contributed by atoms with Gasteiger partial charge in [0, 0.05) is 0 Å². The van der Waals surface area contributed by atoms with Gasteiger partial charge in [-0.25, -0.2) is 0 Å². The third-order valence-corrected chi connectivity index (χ3v) is 4.24. The van der Waals surface area contributed by atoms with Crippen molar-refractivity contribution >= 4 is 34.9 Å². The molecule has 1 aromatic carbocycles. The number of rotatable bonds is 2. The number of urea groups is 1. The van der Waals surface area contributed by atoms with Gasteiger partial charge in [-0.1, -0.05) is 0 Å². The standard InChI is InChI=1S/C7H7N2O.2H2O.O.Sb/c8-7(10)9-6-4-2-1-3-5-6;;;;/h2-5H,(H3,8,9,10);2*1H2;;/q;;;;+2/p-2. The monoisotopic (exact) mass is 306 g/mol. The molecule has 6 nitrogen and oxygen atoms in total. The van der Waals surface area contributed by atoms with Crippen LogP contribution in [0.25, 0.3) is 0 Å². The summed E-state index contributed by atoms with van der Waals surface area (Å²) in [5.41, 5.74) is 5.25. The molecule has 76 valence electrons. The molecular formula is C7H9N2O4Sb. The number of hydrogen-bond donors (Lipinski definition) is 4. The van der Waals surface area contributed by atoms with Gasteiger partial charge in [0.1, 0.15) is 0 Å². The summed E-state index contributed by atoms with van der Waals surface area (Å²) in [7, 11) is 0. The molecule has 0 spiro atoms. The van der Waals surface area contributed by atoms with E-state index in [-0.39, 0.29) is 3.51 Å². The Balaban J connectivity index is 2.89. The van der Waals surface area contributed by atoms with Gasteiger partial charge >= 0.3 is 84.8 Å². The number of carbonyl (C=O) groups excluding carboxylic acids is 1. The van der Waals surface area contributed by atoms with Crippen molar-refractivity contribution in [2.75, 3.05) is 5.32 Å². The van der Waals surface area contributed by atoms with Crippen LogP contribution in [0.2, 0.25) is 0 Å². The van der Waals surface area contributed by atoms with Crippen LogP contribution in [0.4, 0.5) is 10.5 Å². The van der Waals surface area contributed by atoms with Crippen LogP contribution in [-0.4, -0.2) is 32.4 Å². The van der Waals surface area contributed by atoms with Crippen molar-refractivity contribution in [1.29, 1.82) is 0 Å². The summed E-state index contributed by atoms with van der Waals surface area (Å²) in [6.07, 6.45) is 0. The van der Waals surface area contributed by atoms with Crippen LogP contribution in [0.3, 0.4) is 0 Å². The first-order chi connectivity index (χ1) is 6.39. The molecule has 0 aliphatic carbocycles. The quantitative estimate of drug-likeness (QED) is 0.511. The second kappa shape index (κ2) is 4.04. The van der Waals surface area contributed by atoms with E-state index in [9.17, 15) is 7.81 Å². The van der Waals surface area contributed by atoms with Crippen LogP contribution in [-0.2, 0) is 3.02 Å². The molecule has 7 heteroatoms. The zero-order chi connectivity index (χ0) is 10.8. The fraction of sp³-hybridized carbons (Fsp3) is 0. The Hall–Kier alpha value is -0.972. The molecule has 0 atom stereocenters. The minimum absolute atomic E-state index is 0.0153. The molecular weight excluding hydrogens is 298 g/mol. The maximum absolute atomic E-state index is 10.8. The van der Waals surface area contributed by atoms with Gasteiger partial charge in [-0.15, -0.1) is 0 Å². The number of hydrogen-bond acceptors (Lipinski definition) is 2. The first-order valence-corrected chi connectivity index (χ1v) is 8.22. The van der Waals surface area contributed by atoms with E-state index < -0.39 is 25.7 Å². The van der Waals surface area contributed by atoms with E-state index in [1.165, 1.54) is 24.3 Å². The van der Waals surface area contributed by atoms with Crippen molar-refractivity contribution in [1.82, 2.24) is 0 Å². The molecule has 0 aliphatic heterocycles. The summed E-state index contributed by atoms with van der Waals surface area (Å²) in [6, 6.07) is 4.58. The minimum atomic E-state index is -5.09. The average Bonchev–Trinajstić information content (AvgIpc) is 2.02. The second-order valence-electron chi connectivity index (χ2n) is 2.58. The predicted octanol–water partition coefficient (Wildman–Crippen LogP) is -1.26. The predicted molar refractivity (Wildman–Crippen MR) is 50.2 cm³/mol. The van der Waals surface area contributed by atoms with Crippen molar-refractivity contribution in [3.05, 3.63) is 24.3 Å². The average molecular weight is 307 g/mol. The van der Waals surface area contributed by atoms with Crippen molar-refractivity contribution in [3.8, 4) is 0 Å². The first-order valence-electron chi connectivity index (χ1n) is 3.62. The summed E-state index contributed by atoms with van der Waals surface area (Å²) in [5, 5.41) is 2.28. The van der Waals surface area contributed by atoms with E-state index in [2.05, 4.69) is 5.32 Å². The van der Waals surface area contributed by atoms with Crippen LogP contribution in [0.1, 0.15) is 0 Å². The van der Waals surface area contributed by atoms with E-state index >= 15 is 0 Å². The maximum atomic E-state index is 10.8. The third kappa shape index (κ3) is 3.06. The SMILES string of the molecule is NC(=O)Nc1cc[c]([Sb](=[O])([OH])[OH])cc1. The van der Waals surface area contributed by atoms with Gasteiger partial charge in [-0.05, 0) is 0 Å². The van der Waals surface area contributed by atoms with Gasteiger partial charge in [-0.2, -0.15) is 0 Å². The van der Waals surface area contributed by atoms with Gasteiger partial charge in [0.2, 0.25) is 0 Å². The Morgan fingerprint density at radius 2 is 1.79 bits per heavy atom. The Kier molecular flexibility index (Phi) is 3.20. The Morgan fingerprint density at radius 3 is 2.14 bits per heavy atom. The summed E-state index contributed by atoms with van der Waals surface area (Å²) in [6.45, 7) is 0. The molecule has 0 unspecified atom stereocenters. The van der Waals surface area contributed by atoms with Crippen LogP contribution < -0.4 is 14.6 Å². The molecule has 0 saturated heterocycles. The van der Waals surface area contributed by atoms with E-state index in [1.807, 2.05) is 0 Å². The molecule has 0 fully saturated rings. The molecule has 0 heterocycles. The zero-order valence-corrected chi connectivity index (χ0v) is 9.60. The fourth-order valence-electron chi connectivity index (χ4n) is 0.881. The van der Waals surface area contributed by atoms with Gasteiger partial charge in [0.15, 0.2) is 0 Å². The number of nitrogens with one attached hydrogen (secondary N) is 1. The van der Waals surface area contributed by atoms with Crippen LogP contribution >= 0.6 is 0 Å². The number of carbonyl (C=O) groups is 1. The summed E-state index contributed by atoms with van der Waals surface area (Å²) < 4.78 is 28.5. The van der Waals surface area contributed by atoms with E-state index in [0.29, 0.717) is 5.69 Å². The Labute approximate surface area is 84.9 Å². The number of primary amides is 1. The van der Waals surface area contributed by atoms with Crippen molar-refractivity contribution < 1.29 is 14.6 Å². The molecule has 0 radical (unpaired) electrons. The van der Waals surface area contributed by atoms with E-state index in [4.69, 9.17) is 12.5 Å². The molecule has 1 rings (SSSR count). The topological polar surface area (TPSA) is 113 Å². The molecule has 0 saturated carbocycles. The Morgan fingerprint density at radius 1 is 1.29 bits per heavy atom. The van der Waals surface area contributed by atoms with Crippen LogP contribution in [0.15, 0.2) is 24.3 Å². The summed E-state index contributed by atoms with van der Waals surface area (Å²) in [5.74, 6) is 0. The fourth-order valence-corrected chi connectivity index (χ4v) is 2.42. The normalized spacial score (nSPS) is 11.0. The van der Waals surface area contributed by atoms with Crippen molar-refractivity contribution in [3.63, 3.8) is 0 Å².